The quantitative estimate of drug-likeness (QED) is 0.645. The first-order valence-corrected chi connectivity index (χ1v) is 8.11. The molecule has 6 heteroatoms. The molecular formula is C18H19N3O3. The molecule has 6 nitrogen and oxygen atoms in total. The Kier molecular flexibility index (Phi) is 3.31. The van der Waals surface area contributed by atoms with Gasteiger partial charge < -0.3 is 4.90 Å². The molecule has 0 saturated carbocycles. The first-order valence-electron chi connectivity index (χ1n) is 8.11. The average Bonchev–Trinajstić information content (AvgIpc) is 3.20. The zero-order valence-corrected chi connectivity index (χ0v) is 13.7. The van der Waals surface area contributed by atoms with E-state index in [0.717, 1.165) is 11.1 Å². The fraction of sp³-hybridized carbons (Fsp3) is 0.389. The molecule has 4 rings (SSSR count). The highest BCUT2D eigenvalue weighted by Gasteiger charge is 2.45. The van der Waals surface area contributed by atoms with Crippen molar-refractivity contribution in [2.75, 3.05) is 20.6 Å². The predicted molar refractivity (Wildman–Crippen MR) is 87.5 cm³/mol. The third-order valence-electron chi connectivity index (χ3n) is 5.14. The predicted octanol–water partition coefficient (Wildman–Crippen LogP) is 0.802. The number of likely N-dealkylation sites (N-methyl/N-ethyl adjacent to an activating group) is 1. The molecule has 0 spiro atoms. The molecule has 2 aliphatic heterocycles. The number of imide groups is 1. The summed E-state index contributed by atoms with van der Waals surface area (Å²) in [6.07, 6.45) is 1.24. The van der Waals surface area contributed by atoms with Gasteiger partial charge in [-0.1, -0.05) is 17.7 Å². The molecule has 2 atom stereocenters. The number of amides is 3. The van der Waals surface area contributed by atoms with Gasteiger partial charge in [-0.15, -0.1) is 0 Å². The van der Waals surface area contributed by atoms with Gasteiger partial charge in [0.2, 0.25) is 5.91 Å². The molecule has 24 heavy (non-hydrogen) atoms. The lowest BCUT2D eigenvalue weighted by Crippen LogP contribution is -2.44. The van der Waals surface area contributed by atoms with Gasteiger partial charge in [-0.25, -0.2) is 0 Å². The molecule has 0 aromatic heterocycles. The van der Waals surface area contributed by atoms with Crippen LogP contribution in [0.15, 0.2) is 35.4 Å². The first kappa shape index (κ1) is 15.1. The van der Waals surface area contributed by atoms with Crippen molar-refractivity contribution in [3.05, 3.63) is 46.5 Å². The van der Waals surface area contributed by atoms with Crippen LogP contribution in [0, 0.1) is 0 Å². The van der Waals surface area contributed by atoms with Crippen LogP contribution in [0.1, 0.15) is 33.6 Å². The van der Waals surface area contributed by atoms with E-state index in [1.54, 1.807) is 43.3 Å². The van der Waals surface area contributed by atoms with Crippen LogP contribution in [0.2, 0.25) is 0 Å². The zero-order valence-electron chi connectivity index (χ0n) is 13.7. The number of hydrogen-bond donors (Lipinski definition) is 1. The van der Waals surface area contributed by atoms with E-state index in [9.17, 15) is 14.4 Å². The number of benzene rings is 1. The van der Waals surface area contributed by atoms with Gasteiger partial charge in [-0.05, 0) is 30.5 Å². The van der Waals surface area contributed by atoms with Gasteiger partial charge in [0.15, 0.2) is 0 Å². The molecule has 1 aliphatic carbocycles. The minimum Gasteiger partial charge on any atom is -0.347 e. The maximum Gasteiger partial charge on any atom is 0.261 e. The smallest absolute Gasteiger partial charge is 0.261 e. The summed E-state index contributed by atoms with van der Waals surface area (Å²) in [6, 6.07) is 6.45. The van der Waals surface area contributed by atoms with Gasteiger partial charge in [0.05, 0.1) is 11.1 Å². The Bertz CT molecular complexity index is 761. The van der Waals surface area contributed by atoms with E-state index in [1.165, 1.54) is 4.90 Å². The molecule has 0 saturated heterocycles. The van der Waals surface area contributed by atoms with Crippen LogP contribution in [0.5, 0.6) is 0 Å². The van der Waals surface area contributed by atoms with Crippen LogP contribution in [-0.2, 0) is 4.79 Å². The Hall–Kier alpha value is -2.47. The van der Waals surface area contributed by atoms with E-state index >= 15 is 0 Å². The number of carbonyl (C=O) groups excluding carboxylic acids is 3. The van der Waals surface area contributed by atoms with E-state index < -0.39 is 0 Å². The van der Waals surface area contributed by atoms with Crippen LogP contribution in [0.25, 0.3) is 0 Å². The van der Waals surface area contributed by atoms with Crippen molar-refractivity contribution in [2.45, 2.75) is 24.9 Å². The van der Waals surface area contributed by atoms with Crippen molar-refractivity contribution in [3.8, 4) is 0 Å². The molecule has 1 aromatic carbocycles. The van der Waals surface area contributed by atoms with E-state index in [0.29, 0.717) is 30.5 Å². The fourth-order valence-corrected chi connectivity index (χ4v) is 3.96. The second kappa shape index (κ2) is 5.27. The Morgan fingerprint density at radius 3 is 2.33 bits per heavy atom. The van der Waals surface area contributed by atoms with E-state index in [1.807, 2.05) is 0 Å². The second-order valence-electron chi connectivity index (χ2n) is 6.76. The van der Waals surface area contributed by atoms with Crippen molar-refractivity contribution in [3.63, 3.8) is 0 Å². The molecular weight excluding hydrogens is 306 g/mol. The lowest BCUT2D eigenvalue weighted by molar-refractivity contribution is -0.129. The SMILES string of the molecule is CN(C)C(=O)C1NCC2=C1CC(N1C(=O)c3ccccc3C1=O)C2. The molecule has 0 radical (unpaired) electrons. The van der Waals surface area contributed by atoms with Gasteiger partial charge in [0, 0.05) is 26.7 Å². The molecule has 3 aliphatic rings. The highest BCUT2D eigenvalue weighted by Crippen LogP contribution is 2.38. The lowest BCUT2D eigenvalue weighted by atomic mass is 10.0. The fourth-order valence-electron chi connectivity index (χ4n) is 3.96. The molecule has 3 amide bonds. The van der Waals surface area contributed by atoms with Gasteiger partial charge >= 0.3 is 0 Å². The summed E-state index contributed by atoms with van der Waals surface area (Å²) in [4.78, 5) is 40.5. The van der Waals surface area contributed by atoms with Gasteiger partial charge in [-0.2, -0.15) is 0 Å². The number of carbonyl (C=O) groups is 3. The van der Waals surface area contributed by atoms with Crippen molar-refractivity contribution >= 4 is 17.7 Å². The Balaban J connectivity index is 1.57. The monoisotopic (exact) mass is 325 g/mol. The second-order valence-corrected chi connectivity index (χ2v) is 6.76. The summed E-state index contributed by atoms with van der Waals surface area (Å²) in [5.41, 5.74) is 3.18. The molecule has 2 unspecified atom stereocenters. The number of nitrogens with zero attached hydrogens (tertiary/aromatic N) is 2. The minimum atomic E-state index is -0.324. The lowest BCUT2D eigenvalue weighted by Gasteiger charge is -2.25. The largest absolute Gasteiger partial charge is 0.347 e. The summed E-state index contributed by atoms with van der Waals surface area (Å²) in [6.45, 7) is 0.652. The summed E-state index contributed by atoms with van der Waals surface area (Å²) >= 11 is 0. The third-order valence-corrected chi connectivity index (χ3v) is 5.14. The summed E-state index contributed by atoms with van der Waals surface area (Å²) in [5.74, 6) is -0.418. The Labute approximate surface area is 140 Å². The molecule has 0 bridgehead atoms. The van der Waals surface area contributed by atoms with E-state index in [-0.39, 0.29) is 29.8 Å². The zero-order chi connectivity index (χ0) is 17.0. The number of nitrogens with one attached hydrogen (secondary N) is 1. The minimum absolute atomic E-state index is 0.0167. The Morgan fingerprint density at radius 1 is 1.12 bits per heavy atom. The molecule has 0 fully saturated rings. The van der Waals surface area contributed by atoms with Gasteiger partial charge in [-0.3, -0.25) is 24.6 Å². The molecule has 1 N–H and O–H groups in total. The standard InChI is InChI=1S/C18H19N3O3/c1-20(2)18(24)15-14-8-11(7-10(14)9-19-15)21-16(22)12-5-3-4-6-13(12)17(21)23/h3-6,11,15,19H,7-9H2,1-2H3. The van der Waals surface area contributed by atoms with Gasteiger partial charge in [0.25, 0.3) is 11.8 Å². The van der Waals surface area contributed by atoms with Crippen LogP contribution >= 0.6 is 0 Å². The van der Waals surface area contributed by atoms with Crippen LogP contribution in [0.3, 0.4) is 0 Å². The highest BCUT2D eigenvalue weighted by molar-refractivity contribution is 6.21. The van der Waals surface area contributed by atoms with E-state index in [4.69, 9.17) is 0 Å². The number of rotatable bonds is 2. The topological polar surface area (TPSA) is 69.7 Å². The molecule has 2 heterocycles. The summed E-state index contributed by atoms with van der Waals surface area (Å²) < 4.78 is 0. The maximum atomic E-state index is 12.6. The first-order chi connectivity index (χ1) is 11.5. The molecule has 1 aromatic rings. The average molecular weight is 325 g/mol. The van der Waals surface area contributed by atoms with Gasteiger partial charge in [0.1, 0.15) is 6.04 Å². The van der Waals surface area contributed by atoms with Crippen molar-refractivity contribution in [1.29, 1.82) is 0 Å². The Morgan fingerprint density at radius 2 is 1.75 bits per heavy atom. The van der Waals surface area contributed by atoms with E-state index in [2.05, 4.69) is 5.32 Å². The molecule has 124 valence electrons. The number of fused-ring (bicyclic) bond motifs is 1. The van der Waals surface area contributed by atoms with Crippen LogP contribution < -0.4 is 5.32 Å². The van der Waals surface area contributed by atoms with Crippen LogP contribution in [0.4, 0.5) is 0 Å². The highest BCUT2D eigenvalue weighted by atomic mass is 16.2. The number of hydrogen-bond acceptors (Lipinski definition) is 4. The van der Waals surface area contributed by atoms with Crippen LogP contribution in [-0.4, -0.2) is 60.2 Å². The van der Waals surface area contributed by atoms with Crippen molar-refractivity contribution < 1.29 is 14.4 Å². The third kappa shape index (κ3) is 2.03. The summed E-state index contributed by atoms with van der Waals surface area (Å²) in [7, 11) is 3.47. The normalized spacial score (nSPS) is 25.3. The van der Waals surface area contributed by atoms with Crippen molar-refractivity contribution in [1.82, 2.24) is 15.1 Å². The van der Waals surface area contributed by atoms with Crippen molar-refractivity contribution in [2.24, 2.45) is 0 Å². The summed E-state index contributed by atoms with van der Waals surface area (Å²) in [5, 5.41) is 3.24. The maximum absolute atomic E-state index is 12.6.